The van der Waals surface area contributed by atoms with Gasteiger partial charge in [0.15, 0.2) is 11.5 Å². The minimum Gasteiger partial charge on any atom is -0.493 e. The molecule has 1 aromatic carbocycles. The molecule has 0 saturated carbocycles. The molecule has 0 radical (unpaired) electrons. The molecule has 0 aliphatic carbocycles. The summed E-state index contributed by atoms with van der Waals surface area (Å²) in [7, 11) is 1.74. The van der Waals surface area contributed by atoms with Gasteiger partial charge in [0.1, 0.15) is 6.10 Å². The molecule has 0 aromatic heterocycles. The lowest BCUT2D eigenvalue weighted by Gasteiger charge is -2.26. The lowest BCUT2D eigenvalue weighted by Crippen LogP contribution is -2.29. The standard InChI is InChI=1S/C18H27NO3/c1-20-18-15(12-14-7-9-19-10-8-14)4-2-6-17(18)22-16-5-3-11-21-13-16/h2,4,6,14,16,19H,3,5,7-13H2,1H3. The van der Waals surface area contributed by atoms with Crippen LogP contribution in [0.2, 0.25) is 0 Å². The summed E-state index contributed by atoms with van der Waals surface area (Å²) in [6, 6.07) is 6.27. The van der Waals surface area contributed by atoms with Crippen LogP contribution < -0.4 is 14.8 Å². The van der Waals surface area contributed by atoms with Crippen molar-refractivity contribution >= 4 is 0 Å². The third kappa shape index (κ3) is 3.93. The van der Waals surface area contributed by atoms with Gasteiger partial charge in [0.25, 0.3) is 0 Å². The molecular weight excluding hydrogens is 278 g/mol. The highest BCUT2D eigenvalue weighted by Crippen LogP contribution is 2.35. The third-order valence-corrected chi connectivity index (χ3v) is 4.64. The lowest BCUT2D eigenvalue weighted by atomic mass is 9.90. The van der Waals surface area contributed by atoms with Crippen LogP contribution in [0.5, 0.6) is 11.5 Å². The molecule has 2 aliphatic heterocycles. The van der Waals surface area contributed by atoms with Crippen molar-refractivity contribution in [3.8, 4) is 11.5 Å². The number of piperidine rings is 1. The Balaban J connectivity index is 1.71. The quantitative estimate of drug-likeness (QED) is 0.908. The molecule has 2 fully saturated rings. The van der Waals surface area contributed by atoms with Crippen molar-refractivity contribution in [1.29, 1.82) is 0 Å². The van der Waals surface area contributed by atoms with Crippen molar-refractivity contribution in [3.05, 3.63) is 23.8 Å². The molecule has 1 atom stereocenters. The van der Waals surface area contributed by atoms with Gasteiger partial charge in [-0.15, -0.1) is 0 Å². The van der Waals surface area contributed by atoms with Crippen molar-refractivity contribution in [2.24, 2.45) is 5.92 Å². The number of para-hydroxylation sites is 1. The van der Waals surface area contributed by atoms with E-state index in [2.05, 4.69) is 17.4 Å². The lowest BCUT2D eigenvalue weighted by molar-refractivity contribution is 0.00638. The molecule has 122 valence electrons. The number of rotatable bonds is 5. The van der Waals surface area contributed by atoms with E-state index in [1.54, 1.807) is 7.11 Å². The first-order valence-electron chi connectivity index (χ1n) is 8.48. The highest BCUT2D eigenvalue weighted by Gasteiger charge is 2.21. The SMILES string of the molecule is COc1c(CC2CCNCC2)cccc1OC1CCCOC1. The molecule has 1 aromatic rings. The zero-order valence-corrected chi connectivity index (χ0v) is 13.5. The second kappa shape index (κ2) is 7.84. The van der Waals surface area contributed by atoms with Crippen LogP contribution in [0.4, 0.5) is 0 Å². The van der Waals surface area contributed by atoms with Crippen LogP contribution in [0.25, 0.3) is 0 Å². The van der Waals surface area contributed by atoms with Gasteiger partial charge in [0, 0.05) is 6.61 Å². The summed E-state index contributed by atoms with van der Waals surface area (Å²) in [6.45, 7) is 3.79. The van der Waals surface area contributed by atoms with E-state index in [1.807, 2.05) is 6.07 Å². The summed E-state index contributed by atoms with van der Waals surface area (Å²) < 4.78 is 17.3. The average Bonchev–Trinajstić information content (AvgIpc) is 2.57. The first-order valence-corrected chi connectivity index (χ1v) is 8.48. The Morgan fingerprint density at radius 2 is 2.09 bits per heavy atom. The molecule has 0 amide bonds. The van der Waals surface area contributed by atoms with E-state index in [0.717, 1.165) is 56.4 Å². The van der Waals surface area contributed by atoms with Gasteiger partial charge in [-0.05, 0) is 62.7 Å². The summed E-state index contributed by atoms with van der Waals surface area (Å²) in [6.07, 6.45) is 5.83. The predicted molar refractivity (Wildman–Crippen MR) is 86.8 cm³/mol. The van der Waals surface area contributed by atoms with Crippen molar-refractivity contribution < 1.29 is 14.2 Å². The van der Waals surface area contributed by atoms with Crippen LogP contribution in [0.15, 0.2) is 18.2 Å². The number of hydrogen-bond acceptors (Lipinski definition) is 4. The number of hydrogen-bond donors (Lipinski definition) is 1. The Morgan fingerprint density at radius 3 is 2.82 bits per heavy atom. The van der Waals surface area contributed by atoms with E-state index in [1.165, 1.54) is 18.4 Å². The highest BCUT2D eigenvalue weighted by atomic mass is 16.5. The summed E-state index contributed by atoms with van der Waals surface area (Å²) in [5.74, 6) is 2.51. The van der Waals surface area contributed by atoms with E-state index < -0.39 is 0 Å². The number of ether oxygens (including phenoxy) is 3. The Bertz CT molecular complexity index is 427. The maximum Gasteiger partial charge on any atom is 0.163 e. The normalized spacial score (nSPS) is 23.2. The monoisotopic (exact) mass is 305 g/mol. The number of nitrogens with one attached hydrogen (secondary N) is 1. The van der Waals surface area contributed by atoms with Gasteiger partial charge >= 0.3 is 0 Å². The first-order chi connectivity index (χ1) is 10.9. The van der Waals surface area contributed by atoms with E-state index in [-0.39, 0.29) is 6.10 Å². The van der Waals surface area contributed by atoms with Crippen LogP contribution in [-0.4, -0.2) is 39.5 Å². The van der Waals surface area contributed by atoms with Gasteiger partial charge in [-0.3, -0.25) is 0 Å². The molecule has 1 N–H and O–H groups in total. The molecule has 22 heavy (non-hydrogen) atoms. The number of benzene rings is 1. The van der Waals surface area contributed by atoms with Crippen LogP contribution in [0.3, 0.4) is 0 Å². The van der Waals surface area contributed by atoms with Crippen molar-refractivity contribution in [1.82, 2.24) is 5.32 Å². The fourth-order valence-corrected chi connectivity index (χ4v) is 3.43. The van der Waals surface area contributed by atoms with E-state index in [9.17, 15) is 0 Å². The number of methoxy groups -OCH3 is 1. The van der Waals surface area contributed by atoms with E-state index in [4.69, 9.17) is 14.2 Å². The van der Waals surface area contributed by atoms with Crippen molar-refractivity contribution in [2.75, 3.05) is 33.4 Å². The van der Waals surface area contributed by atoms with Crippen LogP contribution in [-0.2, 0) is 11.2 Å². The third-order valence-electron chi connectivity index (χ3n) is 4.64. The molecule has 4 nitrogen and oxygen atoms in total. The molecule has 3 rings (SSSR count). The summed E-state index contributed by atoms with van der Waals surface area (Å²) >= 11 is 0. The fraction of sp³-hybridized carbons (Fsp3) is 0.667. The van der Waals surface area contributed by atoms with Crippen molar-refractivity contribution in [3.63, 3.8) is 0 Å². The van der Waals surface area contributed by atoms with Crippen molar-refractivity contribution in [2.45, 2.75) is 38.2 Å². The summed E-state index contributed by atoms with van der Waals surface area (Å²) in [4.78, 5) is 0. The van der Waals surface area contributed by atoms with Gasteiger partial charge < -0.3 is 19.5 Å². The molecule has 2 heterocycles. The minimum atomic E-state index is 0.150. The summed E-state index contributed by atoms with van der Waals surface area (Å²) in [5, 5.41) is 3.42. The van der Waals surface area contributed by atoms with E-state index in [0.29, 0.717) is 6.61 Å². The van der Waals surface area contributed by atoms with Gasteiger partial charge in [0.05, 0.1) is 13.7 Å². The topological polar surface area (TPSA) is 39.7 Å². The molecular formula is C18H27NO3. The van der Waals surface area contributed by atoms with Crippen LogP contribution in [0.1, 0.15) is 31.2 Å². The Labute approximate surface area is 133 Å². The molecule has 2 saturated heterocycles. The first kappa shape index (κ1) is 15.6. The summed E-state index contributed by atoms with van der Waals surface area (Å²) in [5.41, 5.74) is 1.27. The minimum absolute atomic E-state index is 0.150. The van der Waals surface area contributed by atoms with Gasteiger partial charge in [-0.25, -0.2) is 0 Å². The van der Waals surface area contributed by atoms with Crippen LogP contribution in [0, 0.1) is 5.92 Å². The maximum atomic E-state index is 6.14. The zero-order valence-electron chi connectivity index (χ0n) is 13.5. The molecule has 4 heteroatoms. The Kier molecular flexibility index (Phi) is 5.57. The average molecular weight is 305 g/mol. The van der Waals surface area contributed by atoms with Gasteiger partial charge in [-0.2, -0.15) is 0 Å². The molecule has 0 spiro atoms. The predicted octanol–water partition coefficient (Wildman–Crippen LogP) is 2.80. The van der Waals surface area contributed by atoms with E-state index >= 15 is 0 Å². The fourth-order valence-electron chi connectivity index (χ4n) is 3.43. The van der Waals surface area contributed by atoms with Crippen LogP contribution >= 0.6 is 0 Å². The second-order valence-electron chi connectivity index (χ2n) is 6.30. The van der Waals surface area contributed by atoms with Gasteiger partial charge in [-0.1, -0.05) is 12.1 Å². The zero-order chi connectivity index (χ0) is 15.2. The molecule has 2 aliphatic rings. The second-order valence-corrected chi connectivity index (χ2v) is 6.30. The largest absolute Gasteiger partial charge is 0.493 e. The maximum absolute atomic E-state index is 6.14. The highest BCUT2D eigenvalue weighted by molar-refractivity contribution is 5.47. The molecule has 1 unspecified atom stereocenters. The smallest absolute Gasteiger partial charge is 0.163 e. The Morgan fingerprint density at radius 1 is 1.23 bits per heavy atom. The van der Waals surface area contributed by atoms with Gasteiger partial charge in [0.2, 0.25) is 0 Å². The molecule has 0 bridgehead atoms. The Hall–Kier alpha value is -1.26.